The molecule has 2 heterocycles. The number of hydrogen-bond donors (Lipinski definition) is 1. The van der Waals surface area contributed by atoms with E-state index in [2.05, 4.69) is 20.3 Å². The van der Waals surface area contributed by atoms with Gasteiger partial charge in [0.05, 0.1) is 6.54 Å². The number of piperidine rings is 1. The van der Waals surface area contributed by atoms with E-state index < -0.39 is 24.2 Å². The number of carbonyl (C=O) groups is 1. The second-order valence-electron chi connectivity index (χ2n) is 6.61. The number of ether oxygens (including phenoxy) is 1. The largest absolute Gasteiger partial charge is 0.573 e. The molecule has 0 saturated carbocycles. The molecule has 1 fully saturated rings. The second-order valence-corrected chi connectivity index (χ2v) is 6.61. The molecule has 1 aliphatic heterocycles. The molecule has 30 heavy (non-hydrogen) atoms. The van der Waals surface area contributed by atoms with Crippen molar-refractivity contribution in [2.45, 2.75) is 31.3 Å². The van der Waals surface area contributed by atoms with Crippen molar-refractivity contribution >= 4 is 11.6 Å². The van der Waals surface area contributed by atoms with Gasteiger partial charge >= 0.3 is 18.4 Å². The van der Waals surface area contributed by atoms with E-state index in [0.29, 0.717) is 31.6 Å². The van der Waals surface area contributed by atoms with E-state index in [-0.39, 0.29) is 24.3 Å². The lowest BCUT2D eigenvalue weighted by atomic mass is 9.97. The normalized spacial score (nSPS) is 16.5. The summed E-state index contributed by atoms with van der Waals surface area (Å²) in [4.78, 5) is 13.9. The van der Waals surface area contributed by atoms with Crippen molar-refractivity contribution in [3.63, 3.8) is 0 Å². The third-order valence-electron chi connectivity index (χ3n) is 4.36. The summed E-state index contributed by atoms with van der Waals surface area (Å²) in [5.41, 5.74) is 0.301. The maximum atomic E-state index is 12.5. The molecule has 0 aliphatic carbocycles. The average molecular weight is 438 g/mol. The number of likely N-dealkylation sites (tertiary alicyclic amines) is 1. The zero-order valence-electron chi connectivity index (χ0n) is 15.3. The van der Waals surface area contributed by atoms with Crippen LogP contribution in [0, 0.1) is 0 Å². The van der Waals surface area contributed by atoms with Gasteiger partial charge in [0.25, 0.3) is 0 Å². The van der Waals surface area contributed by atoms with Crippen LogP contribution in [0.15, 0.2) is 28.7 Å². The van der Waals surface area contributed by atoms with E-state index in [1.54, 1.807) is 4.90 Å². The van der Waals surface area contributed by atoms with Crippen LogP contribution in [-0.2, 0) is 11.0 Å². The maximum Gasteiger partial charge on any atom is 0.573 e. The fraction of sp³-hybridized carbons (Fsp3) is 0.471. The molecular formula is C17H16F6N4O3. The zero-order chi connectivity index (χ0) is 21.9. The molecule has 1 saturated heterocycles. The number of aromatic nitrogens is 2. The lowest BCUT2D eigenvalue weighted by molar-refractivity contribution is -0.274. The first kappa shape index (κ1) is 21.9. The first-order chi connectivity index (χ1) is 14.0. The van der Waals surface area contributed by atoms with Gasteiger partial charge in [0.2, 0.25) is 11.8 Å². The lowest BCUT2D eigenvalue weighted by Crippen LogP contribution is -2.38. The van der Waals surface area contributed by atoms with Crippen molar-refractivity contribution < 1.29 is 40.3 Å². The molecule has 164 valence electrons. The van der Waals surface area contributed by atoms with Crippen LogP contribution < -0.4 is 10.1 Å². The highest BCUT2D eigenvalue weighted by Gasteiger charge is 2.39. The second kappa shape index (κ2) is 8.50. The number of rotatable bonds is 5. The topological polar surface area (TPSA) is 80.5 Å². The van der Waals surface area contributed by atoms with Crippen LogP contribution >= 0.6 is 0 Å². The number of nitrogens with zero attached hydrogens (tertiary/aromatic N) is 3. The number of alkyl halides is 6. The van der Waals surface area contributed by atoms with Crippen molar-refractivity contribution in [2.75, 3.05) is 25.0 Å². The molecular weight excluding hydrogens is 422 g/mol. The first-order valence-electron chi connectivity index (χ1n) is 8.78. The molecule has 1 aromatic heterocycles. The van der Waals surface area contributed by atoms with E-state index >= 15 is 0 Å². The van der Waals surface area contributed by atoms with Gasteiger partial charge in [-0.2, -0.15) is 13.2 Å². The van der Waals surface area contributed by atoms with Gasteiger partial charge in [-0.1, -0.05) is 0 Å². The molecule has 3 rings (SSSR count). The fourth-order valence-corrected chi connectivity index (χ4v) is 3.00. The average Bonchev–Trinajstić information content (AvgIpc) is 3.13. The van der Waals surface area contributed by atoms with Gasteiger partial charge in [-0.3, -0.25) is 9.69 Å². The van der Waals surface area contributed by atoms with Crippen LogP contribution in [0.5, 0.6) is 5.75 Å². The summed E-state index contributed by atoms with van der Waals surface area (Å²) in [6, 6.07) is 4.71. The lowest BCUT2D eigenvalue weighted by Gasteiger charge is -2.29. The molecule has 0 unspecified atom stereocenters. The molecule has 1 aliphatic rings. The Labute approximate surface area is 166 Å². The predicted molar refractivity (Wildman–Crippen MR) is 89.5 cm³/mol. The monoisotopic (exact) mass is 438 g/mol. The van der Waals surface area contributed by atoms with Crippen LogP contribution in [0.2, 0.25) is 0 Å². The number of hydrogen-bond acceptors (Lipinski definition) is 6. The molecule has 1 N–H and O–H groups in total. The molecule has 2 aromatic rings. The van der Waals surface area contributed by atoms with E-state index in [9.17, 15) is 31.1 Å². The quantitative estimate of drug-likeness (QED) is 0.716. The minimum Gasteiger partial charge on any atom is -0.417 e. The Morgan fingerprint density at radius 1 is 1.10 bits per heavy atom. The molecule has 7 nitrogen and oxygen atoms in total. The predicted octanol–water partition coefficient (Wildman–Crippen LogP) is 3.81. The number of halogens is 6. The molecule has 13 heteroatoms. The Bertz CT molecular complexity index is 858. The molecule has 0 radical (unpaired) electrons. The van der Waals surface area contributed by atoms with Crippen LogP contribution in [0.4, 0.5) is 32.0 Å². The van der Waals surface area contributed by atoms with Gasteiger partial charge in [-0.25, -0.2) is 0 Å². The summed E-state index contributed by atoms with van der Waals surface area (Å²) in [5, 5.41) is 9.03. The summed E-state index contributed by atoms with van der Waals surface area (Å²) in [7, 11) is 0. The van der Waals surface area contributed by atoms with Crippen molar-refractivity contribution in [2.24, 2.45) is 0 Å². The van der Waals surface area contributed by atoms with Gasteiger partial charge in [0.1, 0.15) is 5.75 Å². The summed E-state index contributed by atoms with van der Waals surface area (Å²) in [6.45, 7) is 0.880. The summed E-state index contributed by atoms with van der Waals surface area (Å²) < 4.78 is 82.5. The Morgan fingerprint density at radius 2 is 1.73 bits per heavy atom. The third kappa shape index (κ3) is 6.08. The molecule has 0 atom stereocenters. The van der Waals surface area contributed by atoms with Crippen molar-refractivity contribution in [3.8, 4) is 5.75 Å². The first-order valence-corrected chi connectivity index (χ1v) is 8.78. The Hall–Kier alpha value is -2.83. The Kier molecular flexibility index (Phi) is 6.19. The van der Waals surface area contributed by atoms with Crippen molar-refractivity contribution in [1.82, 2.24) is 15.1 Å². The van der Waals surface area contributed by atoms with Gasteiger partial charge in [-0.15, -0.1) is 23.4 Å². The molecule has 0 bridgehead atoms. The summed E-state index contributed by atoms with van der Waals surface area (Å²) >= 11 is 0. The minimum absolute atomic E-state index is 0.0190. The van der Waals surface area contributed by atoms with Crippen LogP contribution in [-0.4, -0.2) is 47.0 Å². The van der Waals surface area contributed by atoms with E-state index in [4.69, 9.17) is 4.42 Å². The number of carbonyl (C=O) groups excluding carboxylic acids is 1. The number of benzene rings is 1. The van der Waals surface area contributed by atoms with Gasteiger partial charge in [-0.05, 0) is 50.2 Å². The van der Waals surface area contributed by atoms with Gasteiger partial charge in [0, 0.05) is 11.6 Å². The van der Waals surface area contributed by atoms with Gasteiger partial charge < -0.3 is 14.5 Å². The molecule has 0 spiro atoms. The number of amides is 1. The highest BCUT2D eigenvalue weighted by Crippen LogP contribution is 2.32. The van der Waals surface area contributed by atoms with E-state index in [1.165, 1.54) is 12.1 Å². The summed E-state index contributed by atoms with van der Waals surface area (Å²) in [5.74, 6) is -2.57. The van der Waals surface area contributed by atoms with Crippen LogP contribution in [0.1, 0.15) is 30.5 Å². The number of anilines is 1. The number of nitrogens with one attached hydrogen (secondary N) is 1. The standard InChI is InChI=1S/C17H16F6N4O3/c18-16(19,20)15-26-25-14(29-15)10-5-7-27(8-6-10)9-13(28)24-11-1-3-12(4-2-11)30-17(21,22)23/h1-4,10H,5-9H2,(H,24,28). The third-order valence-corrected chi connectivity index (χ3v) is 4.36. The minimum atomic E-state index is -4.80. The highest BCUT2D eigenvalue weighted by atomic mass is 19.4. The Morgan fingerprint density at radius 3 is 2.27 bits per heavy atom. The zero-order valence-corrected chi connectivity index (χ0v) is 15.3. The van der Waals surface area contributed by atoms with Crippen LogP contribution in [0.3, 0.4) is 0 Å². The van der Waals surface area contributed by atoms with Gasteiger partial charge in [0.15, 0.2) is 0 Å². The highest BCUT2D eigenvalue weighted by molar-refractivity contribution is 5.92. The van der Waals surface area contributed by atoms with E-state index in [0.717, 1.165) is 12.1 Å². The summed E-state index contributed by atoms with van der Waals surface area (Å²) in [6.07, 6.45) is -8.61. The molecule has 1 aromatic carbocycles. The fourth-order valence-electron chi connectivity index (χ4n) is 3.00. The van der Waals surface area contributed by atoms with Crippen molar-refractivity contribution in [3.05, 3.63) is 36.0 Å². The SMILES string of the molecule is O=C(CN1CCC(c2nnc(C(F)(F)F)o2)CC1)Nc1ccc(OC(F)(F)F)cc1. The smallest absolute Gasteiger partial charge is 0.417 e. The van der Waals surface area contributed by atoms with Crippen LogP contribution in [0.25, 0.3) is 0 Å². The molecule has 1 amide bonds. The van der Waals surface area contributed by atoms with E-state index in [1.807, 2.05) is 0 Å². The maximum absolute atomic E-state index is 12.5. The van der Waals surface area contributed by atoms with Crippen molar-refractivity contribution in [1.29, 1.82) is 0 Å². The Balaban J connectivity index is 1.45.